The minimum atomic E-state index is -3.95. The molecule has 6 nitrogen and oxygen atoms in total. The fourth-order valence-corrected chi connectivity index (χ4v) is 4.79. The van der Waals surface area contributed by atoms with Crippen molar-refractivity contribution in [2.75, 3.05) is 5.32 Å². The fourth-order valence-electron chi connectivity index (χ4n) is 2.84. The van der Waals surface area contributed by atoms with Gasteiger partial charge in [0, 0.05) is 17.3 Å². The van der Waals surface area contributed by atoms with Crippen molar-refractivity contribution in [1.29, 1.82) is 0 Å². The number of hydrogen-bond donors (Lipinski definition) is 1. The Morgan fingerprint density at radius 3 is 2.58 bits per heavy atom. The maximum Gasteiger partial charge on any atom is 0.269 e. The van der Waals surface area contributed by atoms with Crippen molar-refractivity contribution in [3.8, 4) is 0 Å². The predicted octanol–water partition coefficient (Wildman–Crippen LogP) is 3.04. The van der Waals surface area contributed by atoms with Crippen LogP contribution in [0.1, 0.15) is 33.6 Å². The highest BCUT2D eigenvalue weighted by molar-refractivity contribution is 7.90. The monoisotopic (exact) mass is 394 g/mol. The van der Waals surface area contributed by atoms with Crippen LogP contribution in [0.15, 0.2) is 41.3 Å². The standard InChI is InChI=1S/C17H12ClFN2O4S/c18-13-6-2-10(8-14(13)19)20-16(22)9-1-5-12-15(7-9)26(24,25)21(17(12)23)11-3-4-11/h1-2,5-8,11H,3-4H2,(H,20,22). The molecule has 0 saturated heterocycles. The van der Waals surface area contributed by atoms with Gasteiger partial charge in [-0.05, 0) is 49.2 Å². The lowest BCUT2D eigenvalue weighted by atomic mass is 10.1. The second-order valence-electron chi connectivity index (χ2n) is 6.13. The molecule has 0 aromatic heterocycles. The number of halogens is 2. The lowest BCUT2D eigenvalue weighted by molar-refractivity contribution is 0.0864. The topological polar surface area (TPSA) is 83.6 Å². The van der Waals surface area contributed by atoms with Gasteiger partial charge in [0.15, 0.2) is 0 Å². The molecule has 1 heterocycles. The molecule has 4 rings (SSSR count). The number of rotatable bonds is 3. The van der Waals surface area contributed by atoms with Crippen LogP contribution in [0, 0.1) is 5.82 Å². The van der Waals surface area contributed by atoms with Crippen LogP contribution < -0.4 is 5.32 Å². The summed E-state index contributed by atoms with van der Waals surface area (Å²) in [4.78, 5) is 24.5. The van der Waals surface area contributed by atoms with Gasteiger partial charge in [0.25, 0.3) is 21.8 Å². The molecule has 2 aromatic carbocycles. The molecule has 1 aliphatic heterocycles. The van der Waals surface area contributed by atoms with Crippen LogP contribution in [0.3, 0.4) is 0 Å². The van der Waals surface area contributed by atoms with Crippen molar-refractivity contribution < 1.29 is 22.4 Å². The molecule has 0 spiro atoms. The van der Waals surface area contributed by atoms with Crippen molar-refractivity contribution in [3.63, 3.8) is 0 Å². The number of nitrogens with zero attached hydrogens (tertiary/aromatic N) is 1. The highest BCUT2D eigenvalue weighted by Crippen LogP contribution is 2.39. The van der Waals surface area contributed by atoms with Gasteiger partial charge in [0.2, 0.25) is 0 Å². The lowest BCUT2D eigenvalue weighted by Crippen LogP contribution is -2.31. The molecule has 2 aromatic rings. The number of hydrogen-bond acceptors (Lipinski definition) is 4. The zero-order valence-corrected chi connectivity index (χ0v) is 14.8. The Balaban J connectivity index is 1.66. The molecular weight excluding hydrogens is 383 g/mol. The molecule has 2 amide bonds. The molecule has 2 aliphatic rings. The minimum absolute atomic E-state index is 0.0492. The van der Waals surface area contributed by atoms with E-state index < -0.39 is 27.7 Å². The number of benzene rings is 2. The molecule has 1 N–H and O–H groups in total. The van der Waals surface area contributed by atoms with Crippen molar-refractivity contribution in [2.24, 2.45) is 0 Å². The van der Waals surface area contributed by atoms with E-state index in [0.29, 0.717) is 12.8 Å². The number of fused-ring (bicyclic) bond motifs is 1. The molecule has 1 saturated carbocycles. The van der Waals surface area contributed by atoms with Gasteiger partial charge in [-0.25, -0.2) is 17.1 Å². The summed E-state index contributed by atoms with van der Waals surface area (Å²) in [5, 5.41) is 2.39. The second kappa shape index (κ2) is 5.78. The van der Waals surface area contributed by atoms with Crippen molar-refractivity contribution in [2.45, 2.75) is 23.8 Å². The van der Waals surface area contributed by atoms with E-state index in [9.17, 15) is 22.4 Å². The van der Waals surface area contributed by atoms with Crippen LogP contribution in [0.25, 0.3) is 0 Å². The number of sulfonamides is 1. The van der Waals surface area contributed by atoms with Crippen LogP contribution in [0.4, 0.5) is 10.1 Å². The molecule has 0 bridgehead atoms. The first-order chi connectivity index (χ1) is 12.3. The lowest BCUT2D eigenvalue weighted by Gasteiger charge is -2.13. The molecular formula is C17H12ClFN2O4S. The van der Waals surface area contributed by atoms with Gasteiger partial charge in [-0.3, -0.25) is 9.59 Å². The molecule has 0 radical (unpaired) electrons. The zero-order chi connectivity index (χ0) is 18.6. The Hall–Kier alpha value is -2.45. The highest BCUT2D eigenvalue weighted by atomic mass is 35.5. The summed E-state index contributed by atoms with van der Waals surface area (Å²) in [7, 11) is -3.95. The van der Waals surface area contributed by atoms with E-state index in [2.05, 4.69) is 5.32 Å². The molecule has 1 fully saturated rings. The van der Waals surface area contributed by atoms with Gasteiger partial charge >= 0.3 is 0 Å². The predicted molar refractivity (Wildman–Crippen MR) is 92.2 cm³/mol. The van der Waals surface area contributed by atoms with Crippen LogP contribution >= 0.6 is 11.6 Å². The van der Waals surface area contributed by atoms with E-state index >= 15 is 0 Å². The summed E-state index contributed by atoms with van der Waals surface area (Å²) in [6.45, 7) is 0. The van der Waals surface area contributed by atoms with Crippen molar-refractivity contribution in [1.82, 2.24) is 4.31 Å². The first-order valence-corrected chi connectivity index (χ1v) is 9.60. The van der Waals surface area contributed by atoms with Gasteiger partial charge in [-0.2, -0.15) is 0 Å². The Bertz CT molecular complexity index is 1070. The third kappa shape index (κ3) is 2.65. The number of carbonyl (C=O) groups is 2. The fraction of sp³-hybridized carbons (Fsp3) is 0.176. The third-order valence-electron chi connectivity index (χ3n) is 4.27. The van der Waals surface area contributed by atoms with E-state index in [4.69, 9.17) is 11.6 Å². The zero-order valence-electron chi connectivity index (χ0n) is 13.2. The second-order valence-corrected chi connectivity index (χ2v) is 8.32. The SMILES string of the molecule is O=C(Nc1ccc(Cl)c(F)c1)c1ccc2c(c1)S(=O)(=O)N(C1CC1)C2=O. The average molecular weight is 395 g/mol. The van der Waals surface area contributed by atoms with E-state index in [0.717, 1.165) is 10.4 Å². The van der Waals surface area contributed by atoms with Gasteiger partial charge in [-0.15, -0.1) is 0 Å². The molecule has 0 atom stereocenters. The quantitative estimate of drug-likeness (QED) is 0.867. The van der Waals surface area contributed by atoms with Crippen LogP contribution in [-0.4, -0.2) is 30.6 Å². The Morgan fingerprint density at radius 1 is 1.19 bits per heavy atom. The van der Waals surface area contributed by atoms with E-state index in [-0.39, 0.29) is 32.8 Å². The molecule has 0 unspecified atom stereocenters. The van der Waals surface area contributed by atoms with E-state index in [1.165, 1.54) is 30.3 Å². The van der Waals surface area contributed by atoms with Crippen molar-refractivity contribution in [3.05, 3.63) is 58.4 Å². The summed E-state index contributed by atoms with van der Waals surface area (Å²) >= 11 is 5.60. The number of carbonyl (C=O) groups excluding carboxylic acids is 2. The average Bonchev–Trinajstić information content (AvgIpc) is 3.39. The Morgan fingerprint density at radius 2 is 1.92 bits per heavy atom. The van der Waals surface area contributed by atoms with E-state index in [1.807, 2.05) is 0 Å². The largest absolute Gasteiger partial charge is 0.322 e. The first kappa shape index (κ1) is 17.0. The smallest absolute Gasteiger partial charge is 0.269 e. The van der Waals surface area contributed by atoms with Crippen molar-refractivity contribution >= 4 is 39.1 Å². The molecule has 9 heteroatoms. The van der Waals surface area contributed by atoms with Gasteiger partial charge in [0.1, 0.15) is 10.7 Å². The first-order valence-electron chi connectivity index (χ1n) is 7.78. The van der Waals surface area contributed by atoms with Crippen LogP contribution in [0.5, 0.6) is 0 Å². The third-order valence-corrected chi connectivity index (χ3v) is 6.45. The van der Waals surface area contributed by atoms with Gasteiger partial charge in [-0.1, -0.05) is 11.6 Å². The Kier molecular flexibility index (Phi) is 3.78. The number of amides is 2. The Labute approximate surface area is 153 Å². The summed E-state index contributed by atoms with van der Waals surface area (Å²) in [5.74, 6) is -1.87. The number of nitrogens with one attached hydrogen (secondary N) is 1. The van der Waals surface area contributed by atoms with Gasteiger partial charge in [0.05, 0.1) is 10.6 Å². The minimum Gasteiger partial charge on any atom is -0.322 e. The summed E-state index contributed by atoms with van der Waals surface area (Å²) in [6.07, 6.45) is 1.29. The molecule has 1 aliphatic carbocycles. The van der Waals surface area contributed by atoms with E-state index in [1.54, 1.807) is 0 Å². The van der Waals surface area contributed by atoms with Crippen LogP contribution in [0.2, 0.25) is 5.02 Å². The normalized spacial score (nSPS) is 17.9. The molecule has 26 heavy (non-hydrogen) atoms. The van der Waals surface area contributed by atoms with Crippen LogP contribution in [-0.2, 0) is 10.0 Å². The maximum absolute atomic E-state index is 13.5. The highest BCUT2D eigenvalue weighted by Gasteiger charge is 2.48. The summed E-state index contributed by atoms with van der Waals surface area (Å²) in [6, 6.07) is 7.35. The summed E-state index contributed by atoms with van der Waals surface area (Å²) < 4.78 is 39.6. The number of anilines is 1. The molecule has 134 valence electrons. The summed E-state index contributed by atoms with van der Waals surface area (Å²) in [5.41, 5.74) is 0.287. The maximum atomic E-state index is 13.5. The van der Waals surface area contributed by atoms with Gasteiger partial charge < -0.3 is 5.32 Å².